The number of hydrogen-bond acceptors (Lipinski definition) is 4. The lowest BCUT2D eigenvalue weighted by atomic mass is 10.1. The van der Waals surface area contributed by atoms with Crippen molar-refractivity contribution in [2.45, 2.75) is 38.8 Å². The monoisotopic (exact) mass is 220 g/mol. The largest absolute Gasteiger partial charge is 0.308 e. The summed E-state index contributed by atoms with van der Waals surface area (Å²) in [4.78, 5) is 6.78. The second-order valence-electron chi connectivity index (χ2n) is 4.37. The van der Waals surface area contributed by atoms with Gasteiger partial charge in [0.15, 0.2) is 0 Å². The molecule has 88 valence electrons. The topological polar surface area (TPSA) is 54.2 Å². The van der Waals surface area contributed by atoms with Crippen molar-refractivity contribution in [1.29, 1.82) is 0 Å². The number of hydrogen-bond donors (Lipinski definition) is 2. The molecular weight excluding hydrogens is 200 g/mol. The van der Waals surface area contributed by atoms with Crippen LogP contribution in [0.15, 0.2) is 18.3 Å². The average molecular weight is 220 g/mol. The van der Waals surface area contributed by atoms with Gasteiger partial charge in [-0.25, -0.2) is 10.8 Å². The van der Waals surface area contributed by atoms with Crippen LogP contribution in [0.5, 0.6) is 0 Å². The molecule has 0 aromatic carbocycles. The standard InChI is InChI=1S/C12H20N4/c1-2-11-4-3-7-16(11)9-10-5-6-12(15-13)14-8-10/h5-6,8,11H,2-4,7,9,13H2,1H3,(H,14,15). The fourth-order valence-electron chi connectivity index (χ4n) is 2.40. The van der Waals surface area contributed by atoms with Crippen LogP contribution in [0.2, 0.25) is 0 Å². The third-order valence-electron chi connectivity index (χ3n) is 3.33. The van der Waals surface area contributed by atoms with E-state index in [0.717, 1.165) is 18.4 Å². The maximum absolute atomic E-state index is 5.28. The van der Waals surface area contributed by atoms with E-state index in [2.05, 4.69) is 28.3 Å². The summed E-state index contributed by atoms with van der Waals surface area (Å²) in [7, 11) is 0. The zero-order valence-electron chi connectivity index (χ0n) is 9.82. The van der Waals surface area contributed by atoms with E-state index in [0.29, 0.717) is 0 Å². The molecule has 1 aromatic rings. The smallest absolute Gasteiger partial charge is 0.139 e. The van der Waals surface area contributed by atoms with Crippen molar-refractivity contribution in [2.75, 3.05) is 12.0 Å². The summed E-state index contributed by atoms with van der Waals surface area (Å²) in [6.45, 7) is 4.49. The van der Waals surface area contributed by atoms with E-state index in [9.17, 15) is 0 Å². The fraction of sp³-hybridized carbons (Fsp3) is 0.583. The van der Waals surface area contributed by atoms with Crippen LogP contribution in [0, 0.1) is 0 Å². The van der Waals surface area contributed by atoms with Crippen LogP contribution in [0.4, 0.5) is 5.82 Å². The van der Waals surface area contributed by atoms with Crippen molar-refractivity contribution in [3.8, 4) is 0 Å². The number of pyridine rings is 1. The Morgan fingerprint density at radius 1 is 1.56 bits per heavy atom. The van der Waals surface area contributed by atoms with Crippen LogP contribution >= 0.6 is 0 Å². The Morgan fingerprint density at radius 3 is 3.06 bits per heavy atom. The summed E-state index contributed by atoms with van der Waals surface area (Å²) in [5.41, 5.74) is 3.81. The first-order valence-electron chi connectivity index (χ1n) is 5.99. The Bertz CT molecular complexity index is 322. The molecule has 1 atom stereocenters. The maximum Gasteiger partial charge on any atom is 0.139 e. The van der Waals surface area contributed by atoms with Gasteiger partial charge in [-0.2, -0.15) is 0 Å². The molecule has 0 bridgehead atoms. The molecule has 0 radical (unpaired) electrons. The van der Waals surface area contributed by atoms with Gasteiger partial charge >= 0.3 is 0 Å². The molecule has 1 fully saturated rings. The number of hydrazine groups is 1. The predicted molar refractivity (Wildman–Crippen MR) is 65.8 cm³/mol. The minimum atomic E-state index is 0.720. The van der Waals surface area contributed by atoms with Crippen molar-refractivity contribution < 1.29 is 0 Å². The van der Waals surface area contributed by atoms with Crippen LogP contribution in [0.3, 0.4) is 0 Å². The molecule has 4 heteroatoms. The van der Waals surface area contributed by atoms with Crippen molar-refractivity contribution in [3.63, 3.8) is 0 Å². The molecule has 4 nitrogen and oxygen atoms in total. The van der Waals surface area contributed by atoms with Crippen molar-refractivity contribution >= 4 is 5.82 Å². The highest BCUT2D eigenvalue weighted by Crippen LogP contribution is 2.22. The van der Waals surface area contributed by atoms with Gasteiger partial charge in [-0.15, -0.1) is 0 Å². The number of nitrogen functional groups attached to an aromatic ring is 1. The summed E-state index contributed by atoms with van der Waals surface area (Å²) in [5.74, 6) is 6.00. The predicted octanol–water partition coefficient (Wildman–Crippen LogP) is 1.74. The minimum absolute atomic E-state index is 0.720. The van der Waals surface area contributed by atoms with Gasteiger partial charge in [0.2, 0.25) is 0 Å². The molecule has 16 heavy (non-hydrogen) atoms. The quantitative estimate of drug-likeness (QED) is 0.599. The van der Waals surface area contributed by atoms with E-state index in [1.165, 1.54) is 31.4 Å². The number of nitrogens with zero attached hydrogens (tertiary/aromatic N) is 2. The highest BCUT2D eigenvalue weighted by atomic mass is 15.2. The zero-order chi connectivity index (χ0) is 11.4. The molecule has 0 spiro atoms. The Balaban J connectivity index is 1.97. The van der Waals surface area contributed by atoms with Gasteiger partial charge < -0.3 is 5.43 Å². The number of rotatable bonds is 4. The van der Waals surface area contributed by atoms with E-state index in [1.807, 2.05) is 12.3 Å². The summed E-state index contributed by atoms with van der Waals surface area (Å²) in [5, 5.41) is 0. The Kier molecular flexibility index (Phi) is 3.74. The lowest BCUT2D eigenvalue weighted by Gasteiger charge is -2.23. The van der Waals surface area contributed by atoms with Gasteiger partial charge in [0, 0.05) is 18.8 Å². The fourth-order valence-corrected chi connectivity index (χ4v) is 2.40. The Hall–Kier alpha value is -1.13. The first-order chi connectivity index (χ1) is 7.83. The molecule has 3 N–H and O–H groups in total. The molecule has 0 saturated carbocycles. The molecule has 1 aliphatic heterocycles. The van der Waals surface area contributed by atoms with E-state index in [-0.39, 0.29) is 0 Å². The van der Waals surface area contributed by atoms with Gasteiger partial charge in [-0.05, 0) is 37.4 Å². The highest BCUT2D eigenvalue weighted by Gasteiger charge is 2.22. The maximum atomic E-state index is 5.28. The summed E-state index contributed by atoms with van der Waals surface area (Å²) in [6.07, 6.45) is 5.82. The van der Waals surface area contributed by atoms with E-state index in [1.54, 1.807) is 0 Å². The molecular formula is C12H20N4. The lowest BCUT2D eigenvalue weighted by Crippen LogP contribution is -2.28. The normalized spacial score (nSPS) is 21.2. The number of nitrogens with two attached hydrogens (primary N) is 1. The van der Waals surface area contributed by atoms with Crippen LogP contribution in [-0.2, 0) is 6.54 Å². The highest BCUT2D eigenvalue weighted by molar-refractivity contribution is 5.33. The molecule has 1 saturated heterocycles. The summed E-state index contributed by atoms with van der Waals surface area (Å²) < 4.78 is 0. The van der Waals surface area contributed by atoms with E-state index in [4.69, 9.17) is 5.84 Å². The van der Waals surface area contributed by atoms with Crippen LogP contribution in [0.1, 0.15) is 31.7 Å². The van der Waals surface area contributed by atoms with Gasteiger partial charge in [-0.1, -0.05) is 13.0 Å². The Labute approximate surface area is 96.8 Å². The second kappa shape index (κ2) is 5.27. The molecule has 0 aliphatic carbocycles. The van der Waals surface area contributed by atoms with Crippen molar-refractivity contribution in [2.24, 2.45) is 5.84 Å². The van der Waals surface area contributed by atoms with E-state index >= 15 is 0 Å². The SMILES string of the molecule is CCC1CCCN1Cc1ccc(NN)nc1. The molecule has 1 aromatic heterocycles. The molecule has 2 rings (SSSR count). The first-order valence-corrected chi connectivity index (χ1v) is 5.99. The van der Waals surface area contributed by atoms with Crippen molar-refractivity contribution in [1.82, 2.24) is 9.88 Å². The van der Waals surface area contributed by atoms with Crippen LogP contribution in [0.25, 0.3) is 0 Å². The summed E-state index contributed by atoms with van der Waals surface area (Å²) in [6, 6.07) is 4.77. The molecule has 1 unspecified atom stereocenters. The average Bonchev–Trinajstić information content (AvgIpc) is 2.77. The minimum Gasteiger partial charge on any atom is -0.308 e. The number of nitrogens with one attached hydrogen (secondary N) is 1. The zero-order valence-corrected chi connectivity index (χ0v) is 9.82. The number of anilines is 1. The number of likely N-dealkylation sites (tertiary alicyclic amines) is 1. The van der Waals surface area contributed by atoms with Gasteiger partial charge in [0.05, 0.1) is 0 Å². The van der Waals surface area contributed by atoms with Gasteiger partial charge in [-0.3, -0.25) is 4.90 Å². The second-order valence-corrected chi connectivity index (χ2v) is 4.37. The lowest BCUT2D eigenvalue weighted by molar-refractivity contribution is 0.240. The van der Waals surface area contributed by atoms with Gasteiger partial charge in [0.25, 0.3) is 0 Å². The first kappa shape index (κ1) is 11.4. The van der Waals surface area contributed by atoms with Crippen LogP contribution in [-0.4, -0.2) is 22.5 Å². The Morgan fingerprint density at radius 2 is 2.44 bits per heavy atom. The number of aromatic nitrogens is 1. The molecule has 0 amide bonds. The van der Waals surface area contributed by atoms with E-state index < -0.39 is 0 Å². The van der Waals surface area contributed by atoms with Crippen LogP contribution < -0.4 is 11.3 Å². The van der Waals surface area contributed by atoms with Crippen molar-refractivity contribution in [3.05, 3.63) is 23.9 Å². The van der Waals surface area contributed by atoms with Gasteiger partial charge in [0.1, 0.15) is 5.82 Å². The molecule has 1 aliphatic rings. The molecule has 2 heterocycles. The summed E-state index contributed by atoms with van der Waals surface area (Å²) >= 11 is 0. The third kappa shape index (κ3) is 2.51. The third-order valence-corrected chi connectivity index (χ3v) is 3.33.